The van der Waals surface area contributed by atoms with Crippen LogP contribution >= 0.6 is 0 Å². The number of esters is 1. The lowest BCUT2D eigenvalue weighted by Gasteiger charge is -2.15. The van der Waals surface area contributed by atoms with E-state index >= 15 is 0 Å². The van der Waals surface area contributed by atoms with Gasteiger partial charge in [0, 0.05) is 11.3 Å². The third-order valence-electron chi connectivity index (χ3n) is 4.63. The van der Waals surface area contributed by atoms with Crippen molar-refractivity contribution in [2.75, 3.05) is 33.2 Å². The molecule has 0 fully saturated rings. The fraction of sp³-hybridized carbons (Fsp3) is 0.348. The zero-order valence-corrected chi connectivity index (χ0v) is 18.8. The van der Waals surface area contributed by atoms with Crippen LogP contribution in [0.5, 0.6) is 17.2 Å². The second-order valence-electron chi connectivity index (χ2n) is 6.77. The first kappa shape index (κ1) is 24.5. The van der Waals surface area contributed by atoms with Gasteiger partial charge in [0.2, 0.25) is 5.75 Å². The van der Waals surface area contributed by atoms with Gasteiger partial charge in [-0.3, -0.25) is 14.4 Å². The van der Waals surface area contributed by atoms with Gasteiger partial charge in [-0.2, -0.15) is 0 Å². The fourth-order valence-corrected chi connectivity index (χ4v) is 2.83. The Morgan fingerprint density at radius 1 is 0.938 bits per heavy atom. The van der Waals surface area contributed by atoms with Crippen LogP contribution in [0, 0.1) is 0 Å². The van der Waals surface area contributed by atoms with Crippen molar-refractivity contribution in [3.63, 3.8) is 0 Å². The van der Waals surface area contributed by atoms with E-state index in [2.05, 4.69) is 10.6 Å². The first-order valence-corrected chi connectivity index (χ1v) is 10.00. The summed E-state index contributed by atoms with van der Waals surface area (Å²) in [5.41, 5.74) is 1.95. The molecule has 32 heavy (non-hydrogen) atoms. The number of methoxy groups -OCH3 is 3. The van der Waals surface area contributed by atoms with Gasteiger partial charge in [-0.15, -0.1) is 0 Å². The molecule has 0 saturated heterocycles. The van der Waals surface area contributed by atoms with Crippen LogP contribution in [0.3, 0.4) is 0 Å². The number of benzene rings is 2. The summed E-state index contributed by atoms with van der Waals surface area (Å²) in [5.74, 6) is -0.827. The van der Waals surface area contributed by atoms with Crippen LogP contribution in [0.15, 0.2) is 36.4 Å². The van der Waals surface area contributed by atoms with Gasteiger partial charge in [0.1, 0.15) is 6.54 Å². The fourth-order valence-electron chi connectivity index (χ4n) is 2.83. The third kappa shape index (κ3) is 6.37. The van der Waals surface area contributed by atoms with Crippen molar-refractivity contribution in [3.05, 3.63) is 47.5 Å². The zero-order chi connectivity index (χ0) is 23.7. The molecule has 2 rings (SSSR count). The van der Waals surface area contributed by atoms with Gasteiger partial charge in [0.15, 0.2) is 17.6 Å². The summed E-state index contributed by atoms with van der Waals surface area (Å²) in [6.07, 6.45) is -0.143. The number of amides is 2. The van der Waals surface area contributed by atoms with E-state index in [1.54, 1.807) is 12.1 Å². The maximum absolute atomic E-state index is 12.4. The summed E-state index contributed by atoms with van der Waals surface area (Å²) in [7, 11) is 4.32. The first-order valence-electron chi connectivity index (χ1n) is 10.00. The van der Waals surface area contributed by atoms with E-state index in [0.717, 1.165) is 12.0 Å². The molecule has 0 aromatic heterocycles. The quantitative estimate of drug-likeness (QED) is 0.542. The monoisotopic (exact) mass is 444 g/mol. The average Bonchev–Trinajstić information content (AvgIpc) is 2.81. The molecule has 1 unspecified atom stereocenters. The normalized spacial score (nSPS) is 11.2. The minimum Gasteiger partial charge on any atom is -0.493 e. The topological polar surface area (TPSA) is 112 Å². The molecular weight excluding hydrogens is 416 g/mol. The highest BCUT2D eigenvalue weighted by Crippen LogP contribution is 2.38. The molecule has 2 N–H and O–H groups in total. The Morgan fingerprint density at radius 3 is 2.03 bits per heavy atom. The minimum atomic E-state index is -1.04. The highest BCUT2D eigenvalue weighted by atomic mass is 16.5. The van der Waals surface area contributed by atoms with E-state index in [-0.39, 0.29) is 5.56 Å². The number of hydrogen-bond donors (Lipinski definition) is 2. The molecule has 0 radical (unpaired) electrons. The van der Waals surface area contributed by atoms with Crippen molar-refractivity contribution in [3.8, 4) is 17.2 Å². The van der Waals surface area contributed by atoms with Crippen LogP contribution < -0.4 is 24.8 Å². The van der Waals surface area contributed by atoms with Gasteiger partial charge in [-0.25, -0.2) is 0 Å². The summed E-state index contributed by atoms with van der Waals surface area (Å²) in [6.45, 7) is 3.07. The number of aryl methyl sites for hydroxylation is 1. The molecular formula is C23H28N2O7. The predicted molar refractivity (Wildman–Crippen MR) is 118 cm³/mol. The Hall–Kier alpha value is -3.75. The molecule has 0 aliphatic rings. The van der Waals surface area contributed by atoms with E-state index in [0.29, 0.717) is 22.9 Å². The maximum Gasteiger partial charge on any atom is 0.326 e. The van der Waals surface area contributed by atoms with Crippen molar-refractivity contribution in [1.29, 1.82) is 0 Å². The van der Waals surface area contributed by atoms with Gasteiger partial charge < -0.3 is 29.6 Å². The SMILES string of the molecule is CCc1ccc(NC(=O)C(C)OC(=O)CNC(=O)c2cc(OC)c(OC)c(OC)c2)cc1. The lowest BCUT2D eigenvalue weighted by Crippen LogP contribution is -2.35. The van der Waals surface area contributed by atoms with Crippen LogP contribution in [-0.4, -0.2) is 51.8 Å². The van der Waals surface area contributed by atoms with Crippen LogP contribution in [0.1, 0.15) is 29.8 Å². The molecule has 0 aliphatic carbocycles. The Bertz CT molecular complexity index is 932. The number of anilines is 1. The summed E-state index contributed by atoms with van der Waals surface area (Å²) in [5, 5.41) is 5.13. The minimum absolute atomic E-state index is 0.202. The molecule has 2 amide bonds. The van der Waals surface area contributed by atoms with Gasteiger partial charge in [-0.05, 0) is 43.2 Å². The van der Waals surface area contributed by atoms with Crippen LogP contribution in [0.4, 0.5) is 5.69 Å². The van der Waals surface area contributed by atoms with Gasteiger partial charge >= 0.3 is 5.97 Å². The Balaban J connectivity index is 1.91. The zero-order valence-electron chi connectivity index (χ0n) is 18.8. The van der Waals surface area contributed by atoms with Crippen molar-refractivity contribution < 1.29 is 33.3 Å². The highest BCUT2D eigenvalue weighted by Gasteiger charge is 2.20. The second-order valence-corrected chi connectivity index (χ2v) is 6.77. The molecule has 9 nitrogen and oxygen atoms in total. The van der Waals surface area contributed by atoms with Gasteiger partial charge in [0.05, 0.1) is 21.3 Å². The van der Waals surface area contributed by atoms with Crippen molar-refractivity contribution >= 4 is 23.5 Å². The van der Waals surface area contributed by atoms with E-state index < -0.39 is 30.4 Å². The van der Waals surface area contributed by atoms with Crippen LogP contribution in [0.2, 0.25) is 0 Å². The second kappa shape index (κ2) is 11.6. The molecule has 172 valence electrons. The lowest BCUT2D eigenvalue weighted by molar-refractivity contribution is -0.152. The molecule has 0 aliphatic heterocycles. The third-order valence-corrected chi connectivity index (χ3v) is 4.63. The first-order chi connectivity index (χ1) is 15.3. The molecule has 0 heterocycles. The van der Waals surface area contributed by atoms with Crippen molar-refractivity contribution in [2.45, 2.75) is 26.4 Å². The number of rotatable bonds is 10. The number of ether oxygens (including phenoxy) is 4. The average molecular weight is 444 g/mol. The summed E-state index contributed by atoms with van der Waals surface area (Å²) >= 11 is 0. The molecule has 0 spiro atoms. The maximum atomic E-state index is 12.4. The number of carbonyl (C=O) groups excluding carboxylic acids is 3. The highest BCUT2D eigenvalue weighted by molar-refractivity contribution is 5.98. The summed E-state index contributed by atoms with van der Waals surface area (Å²) < 4.78 is 20.8. The number of carbonyl (C=O) groups is 3. The molecule has 0 bridgehead atoms. The van der Waals surface area contributed by atoms with Gasteiger partial charge in [0.25, 0.3) is 11.8 Å². The van der Waals surface area contributed by atoms with Crippen LogP contribution in [0.25, 0.3) is 0 Å². The largest absolute Gasteiger partial charge is 0.493 e. The van der Waals surface area contributed by atoms with Crippen LogP contribution in [-0.2, 0) is 20.7 Å². The smallest absolute Gasteiger partial charge is 0.326 e. The van der Waals surface area contributed by atoms with Gasteiger partial charge in [-0.1, -0.05) is 19.1 Å². The molecule has 9 heteroatoms. The Morgan fingerprint density at radius 2 is 1.53 bits per heavy atom. The molecule has 1 atom stereocenters. The predicted octanol–water partition coefficient (Wildman–Crippen LogP) is 2.58. The van der Waals surface area contributed by atoms with E-state index in [1.807, 2.05) is 19.1 Å². The summed E-state index contributed by atoms with van der Waals surface area (Å²) in [4.78, 5) is 36.8. The van der Waals surface area contributed by atoms with E-state index in [1.165, 1.54) is 40.4 Å². The Labute approximate surface area is 187 Å². The molecule has 2 aromatic rings. The van der Waals surface area contributed by atoms with Crippen molar-refractivity contribution in [2.24, 2.45) is 0 Å². The molecule has 0 saturated carbocycles. The number of hydrogen-bond acceptors (Lipinski definition) is 7. The number of nitrogens with one attached hydrogen (secondary N) is 2. The van der Waals surface area contributed by atoms with E-state index in [9.17, 15) is 14.4 Å². The lowest BCUT2D eigenvalue weighted by atomic mass is 10.1. The Kier molecular flexibility index (Phi) is 8.88. The summed E-state index contributed by atoms with van der Waals surface area (Å²) in [6, 6.07) is 10.3. The molecule has 2 aromatic carbocycles. The van der Waals surface area contributed by atoms with E-state index in [4.69, 9.17) is 18.9 Å². The van der Waals surface area contributed by atoms with Crippen molar-refractivity contribution in [1.82, 2.24) is 5.32 Å². The standard InChI is InChI=1S/C23H28N2O7/c1-6-15-7-9-17(10-8-15)25-22(27)14(2)32-20(26)13-24-23(28)16-11-18(29-3)21(31-5)19(12-16)30-4/h7-12,14H,6,13H2,1-5H3,(H,24,28)(H,25,27).